The summed E-state index contributed by atoms with van der Waals surface area (Å²) in [5.74, 6) is -0.431. The lowest BCUT2D eigenvalue weighted by Crippen LogP contribution is -2.33. The van der Waals surface area contributed by atoms with E-state index in [-0.39, 0.29) is 18.4 Å². The standard InChI is InChI=1S/C21H24N2O2/c1-4-17-7-9-18(10-8-17)11-14-21(25)23(3)15-20(24)22-19-12-5-16(2)6-13-19/h5-14H,4,15H2,1-3H3,(H,22,24)/b14-11+. The number of likely N-dealkylation sites (N-methyl/N-ethyl adjacent to an activating group) is 1. The molecule has 0 spiro atoms. The third-order valence-electron chi connectivity index (χ3n) is 3.90. The summed E-state index contributed by atoms with van der Waals surface area (Å²) in [4.78, 5) is 25.5. The fourth-order valence-electron chi connectivity index (χ4n) is 2.29. The third-order valence-corrected chi connectivity index (χ3v) is 3.90. The molecule has 4 nitrogen and oxygen atoms in total. The first-order chi connectivity index (χ1) is 12.0. The van der Waals surface area contributed by atoms with Gasteiger partial charge in [0.15, 0.2) is 0 Å². The molecule has 0 heterocycles. The number of hydrogen-bond acceptors (Lipinski definition) is 2. The molecule has 130 valence electrons. The quantitative estimate of drug-likeness (QED) is 0.818. The van der Waals surface area contributed by atoms with E-state index in [9.17, 15) is 9.59 Å². The van der Waals surface area contributed by atoms with Crippen molar-refractivity contribution in [3.05, 3.63) is 71.3 Å². The van der Waals surface area contributed by atoms with E-state index in [2.05, 4.69) is 12.2 Å². The zero-order valence-electron chi connectivity index (χ0n) is 15.0. The molecule has 4 heteroatoms. The number of amides is 2. The summed E-state index contributed by atoms with van der Waals surface area (Å²) in [5, 5.41) is 2.78. The van der Waals surface area contributed by atoms with Gasteiger partial charge in [0.1, 0.15) is 0 Å². The van der Waals surface area contributed by atoms with Gasteiger partial charge in [-0.3, -0.25) is 9.59 Å². The number of aryl methyl sites for hydroxylation is 2. The highest BCUT2D eigenvalue weighted by atomic mass is 16.2. The molecule has 0 aliphatic heterocycles. The van der Waals surface area contributed by atoms with E-state index >= 15 is 0 Å². The zero-order chi connectivity index (χ0) is 18.2. The molecule has 2 rings (SSSR count). The first-order valence-electron chi connectivity index (χ1n) is 8.36. The normalized spacial score (nSPS) is 10.7. The number of nitrogens with one attached hydrogen (secondary N) is 1. The van der Waals surface area contributed by atoms with E-state index in [1.807, 2.05) is 55.5 Å². The number of carbonyl (C=O) groups excluding carboxylic acids is 2. The molecule has 0 saturated carbocycles. The molecule has 0 fully saturated rings. The Labute approximate surface area is 149 Å². The molecule has 0 aliphatic rings. The Morgan fingerprint density at radius 1 is 1.04 bits per heavy atom. The van der Waals surface area contributed by atoms with Gasteiger partial charge in [-0.2, -0.15) is 0 Å². The summed E-state index contributed by atoms with van der Waals surface area (Å²) in [7, 11) is 1.61. The minimum absolute atomic E-state index is 0.00578. The Bertz CT molecular complexity index is 746. The summed E-state index contributed by atoms with van der Waals surface area (Å²) in [6.45, 7) is 4.09. The van der Waals surface area contributed by atoms with Gasteiger partial charge in [0, 0.05) is 18.8 Å². The molecule has 0 bridgehead atoms. The number of hydrogen-bond donors (Lipinski definition) is 1. The molecular weight excluding hydrogens is 312 g/mol. The maximum absolute atomic E-state index is 12.1. The molecule has 1 N–H and O–H groups in total. The van der Waals surface area contributed by atoms with Crippen LogP contribution in [0.1, 0.15) is 23.6 Å². The molecule has 0 radical (unpaired) electrons. The van der Waals surface area contributed by atoms with Crippen LogP contribution in [0.2, 0.25) is 0 Å². The van der Waals surface area contributed by atoms with E-state index in [4.69, 9.17) is 0 Å². The van der Waals surface area contributed by atoms with E-state index in [1.165, 1.54) is 16.5 Å². The monoisotopic (exact) mass is 336 g/mol. The van der Waals surface area contributed by atoms with Crippen molar-refractivity contribution in [1.29, 1.82) is 0 Å². The van der Waals surface area contributed by atoms with Gasteiger partial charge in [0.25, 0.3) is 0 Å². The van der Waals surface area contributed by atoms with Gasteiger partial charge in [-0.1, -0.05) is 48.9 Å². The first kappa shape index (κ1) is 18.5. The Balaban J connectivity index is 1.87. The van der Waals surface area contributed by atoms with Crippen molar-refractivity contribution in [2.24, 2.45) is 0 Å². The van der Waals surface area contributed by atoms with Crippen molar-refractivity contribution >= 4 is 23.6 Å². The number of benzene rings is 2. The van der Waals surface area contributed by atoms with Crippen LogP contribution in [0, 0.1) is 6.92 Å². The van der Waals surface area contributed by atoms with Crippen LogP contribution in [0.4, 0.5) is 5.69 Å². The van der Waals surface area contributed by atoms with Crippen molar-refractivity contribution in [2.75, 3.05) is 18.9 Å². The average Bonchev–Trinajstić information content (AvgIpc) is 2.62. The van der Waals surface area contributed by atoms with Crippen LogP contribution >= 0.6 is 0 Å². The molecule has 2 amide bonds. The Morgan fingerprint density at radius 2 is 1.68 bits per heavy atom. The van der Waals surface area contributed by atoms with Gasteiger partial charge in [0.2, 0.25) is 11.8 Å². The predicted octanol–water partition coefficient (Wildman–Crippen LogP) is 3.67. The van der Waals surface area contributed by atoms with Gasteiger partial charge >= 0.3 is 0 Å². The molecule has 2 aromatic carbocycles. The van der Waals surface area contributed by atoms with Gasteiger partial charge in [-0.15, -0.1) is 0 Å². The fourth-order valence-corrected chi connectivity index (χ4v) is 2.29. The topological polar surface area (TPSA) is 49.4 Å². The molecule has 2 aromatic rings. The number of anilines is 1. The lowest BCUT2D eigenvalue weighted by molar-refractivity contribution is -0.129. The van der Waals surface area contributed by atoms with Crippen LogP contribution in [0.3, 0.4) is 0 Å². The number of nitrogens with zero attached hydrogens (tertiary/aromatic N) is 1. The van der Waals surface area contributed by atoms with Crippen LogP contribution in [0.25, 0.3) is 6.08 Å². The molecular formula is C21H24N2O2. The van der Waals surface area contributed by atoms with Gasteiger partial charge in [-0.05, 0) is 42.7 Å². The van der Waals surface area contributed by atoms with Crippen molar-refractivity contribution in [3.63, 3.8) is 0 Å². The van der Waals surface area contributed by atoms with Crippen LogP contribution in [-0.4, -0.2) is 30.3 Å². The second-order valence-electron chi connectivity index (χ2n) is 6.04. The van der Waals surface area contributed by atoms with Gasteiger partial charge in [-0.25, -0.2) is 0 Å². The van der Waals surface area contributed by atoms with Gasteiger partial charge < -0.3 is 10.2 Å². The summed E-state index contributed by atoms with van der Waals surface area (Å²) < 4.78 is 0. The maximum Gasteiger partial charge on any atom is 0.246 e. The zero-order valence-corrected chi connectivity index (χ0v) is 15.0. The first-order valence-corrected chi connectivity index (χ1v) is 8.36. The maximum atomic E-state index is 12.1. The number of carbonyl (C=O) groups is 2. The predicted molar refractivity (Wildman–Crippen MR) is 102 cm³/mol. The largest absolute Gasteiger partial charge is 0.333 e. The summed E-state index contributed by atoms with van der Waals surface area (Å²) >= 11 is 0. The highest BCUT2D eigenvalue weighted by Gasteiger charge is 2.10. The highest BCUT2D eigenvalue weighted by Crippen LogP contribution is 2.09. The van der Waals surface area contributed by atoms with Gasteiger partial charge in [0.05, 0.1) is 6.54 Å². The second-order valence-corrected chi connectivity index (χ2v) is 6.04. The highest BCUT2D eigenvalue weighted by molar-refractivity contribution is 5.97. The molecule has 0 aromatic heterocycles. The van der Waals surface area contributed by atoms with E-state index < -0.39 is 0 Å². The Hall–Kier alpha value is -2.88. The van der Waals surface area contributed by atoms with Crippen LogP contribution < -0.4 is 5.32 Å². The SMILES string of the molecule is CCc1ccc(/C=C/C(=O)N(C)CC(=O)Nc2ccc(C)cc2)cc1. The summed E-state index contributed by atoms with van der Waals surface area (Å²) in [6, 6.07) is 15.6. The van der Waals surface area contributed by atoms with Crippen molar-refractivity contribution in [1.82, 2.24) is 4.90 Å². The van der Waals surface area contributed by atoms with E-state index in [1.54, 1.807) is 13.1 Å². The molecule has 25 heavy (non-hydrogen) atoms. The summed E-state index contributed by atoms with van der Waals surface area (Å²) in [6.07, 6.45) is 4.23. The number of rotatable bonds is 6. The minimum atomic E-state index is -0.222. The minimum Gasteiger partial charge on any atom is -0.333 e. The smallest absolute Gasteiger partial charge is 0.246 e. The third kappa shape index (κ3) is 5.92. The van der Waals surface area contributed by atoms with Crippen molar-refractivity contribution < 1.29 is 9.59 Å². The summed E-state index contributed by atoms with van der Waals surface area (Å²) in [5.41, 5.74) is 4.07. The van der Waals surface area contributed by atoms with Crippen LogP contribution in [0.5, 0.6) is 0 Å². The van der Waals surface area contributed by atoms with E-state index in [0.717, 1.165) is 23.2 Å². The fraction of sp³-hybridized carbons (Fsp3) is 0.238. The van der Waals surface area contributed by atoms with E-state index in [0.29, 0.717) is 0 Å². The lowest BCUT2D eigenvalue weighted by Gasteiger charge is -2.15. The Morgan fingerprint density at radius 3 is 2.28 bits per heavy atom. The average molecular weight is 336 g/mol. The molecule has 0 unspecified atom stereocenters. The molecule has 0 atom stereocenters. The lowest BCUT2D eigenvalue weighted by atomic mass is 10.1. The Kier molecular flexibility index (Phi) is 6.52. The molecule has 0 aliphatic carbocycles. The van der Waals surface area contributed by atoms with Crippen LogP contribution in [-0.2, 0) is 16.0 Å². The second kappa shape index (κ2) is 8.83. The van der Waals surface area contributed by atoms with Crippen molar-refractivity contribution in [2.45, 2.75) is 20.3 Å². The van der Waals surface area contributed by atoms with Crippen LogP contribution in [0.15, 0.2) is 54.6 Å². The van der Waals surface area contributed by atoms with Crippen molar-refractivity contribution in [3.8, 4) is 0 Å². The molecule has 0 saturated heterocycles.